The van der Waals surface area contributed by atoms with Crippen molar-refractivity contribution in [3.8, 4) is 0 Å². The molecule has 2 fully saturated rings. The van der Waals surface area contributed by atoms with Crippen molar-refractivity contribution in [2.24, 2.45) is 11.8 Å². The number of nitrogens with zero attached hydrogens (tertiary/aromatic N) is 1. The van der Waals surface area contributed by atoms with Crippen LogP contribution in [0.4, 0.5) is 0 Å². The third-order valence-electron chi connectivity index (χ3n) is 3.91. The van der Waals surface area contributed by atoms with Crippen LogP contribution < -0.4 is 5.56 Å². The number of hydrogen-bond donors (Lipinski definition) is 1. The van der Waals surface area contributed by atoms with Crippen molar-refractivity contribution < 1.29 is 0 Å². The summed E-state index contributed by atoms with van der Waals surface area (Å²) in [6, 6.07) is 2.11. The number of aromatic amines is 1. The average Bonchev–Trinajstić information content (AvgIpc) is 2.78. The average molecular weight is 222 g/mol. The predicted molar refractivity (Wildman–Crippen MR) is 60.4 cm³/mol. The summed E-state index contributed by atoms with van der Waals surface area (Å²) in [5, 5.41) is 0. The molecule has 4 heteroatoms. The Labute approximate surface area is 93.1 Å². The molecular formula is C11H14N2OS. The molecule has 3 rings (SSSR count). The van der Waals surface area contributed by atoms with E-state index >= 15 is 0 Å². The van der Waals surface area contributed by atoms with E-state index in [2.05, 4.69) is 9.55 Å². The van der Waals surface area contributed by atoms with Crippen molar-refractivity contribution in [2.75, 3.05) is 0 Å². The summed E-state index contributed by atoms with van der Waals surface area (Å²) in [7, 11) is 0. The van der Waals surface area contributed by atoms with E-state index < -0.39 is 0 Å². The maximum atomic E-state index is 11.1. The molecule has 15 heavy (non-hydrogen) atoms. The SMILES string of the molecule is O=c1ccn(C2CC3CCC2C3)c(=S)[nH]1. The number of hydrogen-bond acceptors (Lipinski definition) is 2. The van der Waals surface area contributed by atoms with E-state index in [0.29, 0.717) is 10.8 Å². The Balaban J connectivity index is 2.00. The van der Waals surface area contributed by atoms with Crippen LogP contribution in [0.3, 0.4) is 0 Å². The van der Waals surface area contributed by atoms with Gasteiger partial charge in [0.1, 0.15) is 0 Å². The zero-order valence-electron chi connectivity index (χ0n) is 8.48. The lowest BCUT2D eigenvalue weighted by Gasteiger charge is -2.24. The van der Waals surface area contributed by atoms with Crippen molar-refractivity contribution >= 4 is 12.2 Å². The predicted octanol–water partition coefficient (Wildman–Crippen LogP) is 2.27. The molecule has 1 N–H and O–H groups in total. The van der Waals surface area contributed by atoms with Crippen LogP contribution in [0.1, 0.15) is 31.7 Å². The maximum Gasteiger partial charge on any atom is 0.251 e. The largest absolute Gasteiger partial charge is 0.322 e. The van der Waals surface area contributed by atoms with Gasteiger partial charge in [0, 0.05) is 18.3 Å². The van der Waals surface area contributed by atoms with Crippen molar-refractivity contribution in [1.82, 2.24) is 9.55 Å². The van der Waals surface area contributed by atoms with Gasteiger partial charge in [0.15, 0.2) is 4.77 Å². The van der Waals surface area contributed by atoms with Gasteiger partial charge in [-0.25, -0.2) is 0 Å². The highest BCUT2D eigenvalue weighted by Gasteiger charge is 2.40. The van der Waals surface area contributed by atoms with Gasteiger partial charge in [-0.2, -0.15) is 0 Å². The zero-order valence-corrected chi connectivity index (χ0v) is 9.30. The number of nitrogens with one attached hydrogen (secondary N) is 1. The molecule has 2 saturated carbocycles. The molecule has 1 heterocycles. The normalized spacial score (nSPS) is 33.5. The molecule has 0 saturated heterocycles. The summed E-state index contributed by atoms with van der Waals surface area (Å²) in [6.07, 6.45) is 7.16. The number of rotatable bonds is 1. The molecular weight excluding hydrogens is 208 g/mol. The van der Waals surface area contributed by atoms with Crippen LogP contribution in [0.5, 0.6) is 0 Å². The fourth-order valence-electron chi connectivity index (χ4n) is 3.24. The molecule has 3 atom stereocenters. The van der Waals surface area contributed by atoms with Gasteiger partial charge in [0.05, 0.1) is 0 Å². The maximum absolute atomic E-state index is 11.1. The first-order chi connectivity index (χ1) is 7.24. The fourth-order valence-corrected chi connectivity index (χ4v) is 3.54. The first-order valence-corrected chi connectivity index (χ1v) is 5.96. The van der Waals surface area contributed by atoms with Crippen molar-refractivity contribution in [1.29, 1.82) is 0 Å². The third kappa shape index (κ3) is 1.47. The lowest BCUT2D eigenvalue weighted by molar-refractivity contribution is 0.323. The molecule has 2 bridgehead atoms. The Morgan fingerprint density at radius 1 is 1.40 bits per heavy atom. The molecule has 0 radical (unpaired) electrons. The standard InChI is InChI=1S/C11H14N2OS/c14-10-3-4-13(11(15)12-10)9-6-7-1-2-8(9)5-7/h3-4,7-9H,1-2,5-6H2,(H,12,14,15). The van der Waals surface area contributed by atoms with Crippen molar-refractivity contribution in [2.45, 2.75) is 31.7 Å². The molecule has 3 nitrogen and oxygen atoms in total. The summed E-state index contributed by atoms with van der Waals surface area (Å²) in [5.74, 6) is 1.68. The van der Waals surface area contributed by atoms with Crippen LogP contribution in [0.2, 0.25) is 0 Å². The minimum absolute atomic E-state index is 0.0978. The van der Waals surface area contributed by atoms with Crippen molar-refractivity contribution in [3.63, 3.8) is 0 Å². The molecule has 0 amide bonds. The highest BCUT2D eigenvalue weighted by molar-refractivity contribution is 7.71. The summed E-state index contributed by atoms with van der Waals surface area (Å²) < 4.78 is 2.67. The second-order valence-electron chi connectivity index (χ2n) is 4.76. The van der Waals surface area contributed by atoms with Gasteiger partial charge in [0.2, 0.25) is 0 Å². The van der Waals surface area contributed by atoms with E-state index in [1.165, 1.54) is 25.7 Å². The van der Waals surface area contributed by atoms with E-state index in [0.717, 1.165) is 11.8 Å². The van der Waals surface area contributed by atoms with Crippen LogP contribution in [0.15, 0.2) is 17.1 Å². The minimum atomic E-state index is -0.0978. The third-order valence-corrected chi connectivity index (χ3v) is 4.22. The number of H-pyrrole nitrogens is 1. The summed E-state index contributed by atoms with van der Waals surface area (Å²) in [4.78, 5) is 13.8. The zero-order chi connectivity index (χ0) is 10.4. The van der Waals surface area contributed by atoms with E-state index in [4.69, 9.17) is 12.2 Å². The molecule has 1 aromatic rings. The number of aromatic nitrogens is 2. The monoisotopic (exact) mass is 222 g/mol. The van der Waals surface area contributed by atoms with Crippen LogP contribution in [0, 0.1) is 16.6 Å². The first kappa shape index (κ1) is 9.33. The van der Waals surface area contributed by atoms with Gasteiger partial charge in [-0.05, 0) is 43.3 Å². The van der Waals surface area contributed by atoms with E-state index in [9.17, 15) is 4.79 Å². The molecule has 0 spiro atoms. The van der Waals surface area contributed by atoms with Crippen molar-refractivity contribution in [3.05, 3.63) is 27.4 Å². The Morgan fingerprint density at radius 3 is 2.87 bits per heavy atom. The molecule has 1 aromatic heterocycles. The summed E-state index contributed by atoms with van der Waals surface area (Å²) >= 11 is 5.20. The van der Waals surface area contributed by atoms with Crippen LogP contribution in [0.25, 0.3) is 0 Å². The Morgan fingerprint density at radius 2 is 2.27 bits per heavy atom. The fraction of sp³-hybridized carbons (Fsp3) is 0.636. The topological polar surface area (TPSA) is 37.8 Å². The van der Waals surface area contributed by atoms with Gasteiger partial charge in [-0.1, -0.05) is 6.42 Å². The van der Waals surface area contributed by atoms with E-state index in [1.54, 1.807) is 6.07 Å². The quantitative estimate of drug-likeness (QED) is 0.740. The number of fused-ring (bicyclic) bond motifs is 2. The Bertz CT molecular complexity index is 490. The van der Waals surface area contributed by atoms with E-state index in [1.807, 2.05) is 6.20 Å². The molecule has 80 valence electrons. The lowest BCUT2D eigenvalue weighted by atomic mass is 9.95. The molecule has 2 aliphatic carbocycles. The summed E-state index contributed by atoms with van der Waals surface area (Å²) in [5.41, 5.74) is -0.0978. The second kappa shape index (κ2) is 3.30. The molecule has 3 unspecified atom stereocenters. The second-order valence-corrected chi connectivity index (χ2v) is 5.15. The van der Waals surface area contributed by atoms with Gasteiger partial charge in [-0.15, -0.1) is 0 Å². The highest BCUT2D eigenvalue weighted by Crippen LogP contribution is 2.50. The van der Waals surface area contributed by atoms with Gasteiger partial charge in [0.25, 0.3) is 5.56 Å². The smallest absolute Gasteiger partial charge is 0.251 e. The van der Waals surface area contributed by atoms with Crippen LogP contribution in [-0.4, -0.2) is 9.55 Å². The van der Waals surface area contributed by atoms with Gasteiger partial charge < -0.3 is 4.57 Å². The van der Waals surface area contributed by atoms with Crippen LogP contribution in [-0.2, 0) is 0 Å². The molecule has 0 aliphatic heterocycles. The first-order valence-electron chi connectivity index (χ1n) is 5.55. The Hall–Kier alpha value is -0.900. The van der Waals surface area contributed by atoms with Gasteiger partial charge >= 0.3 is 0 Å². The molecule has 0 aromatic carbocycles. The highest BCUT2D eigenvalue weighted by atomic mass is 32.1. The summed E-state index contributed by atoms with van der Waals surface area (Å²) in [6.45, 7) is 0. The Kier molecular flexibility index (Phi) is 2.06. The minimum Gasteiger partial charge on any atom is -0.322 e. The molecule has 2 aliphatic rings. The van der Waals surface area contributed by atoms with Crippen LogP contribution >= 0.6 is 12.2 Å². The van der Waals surface area contributed by atoms with Gasteiger partial charge in [-0.3, -0.25) is 9.78 Å². The lowest BCUT2D eigenvalue weighted by Crippen LogP contribution is -2.20. The van der Waals surface area contributed by atoms with E-state index in [-0.39, 0.29) is 5.56 Å².